The van der Waals surface area contributed by atoms with E-state index >= 15 is 0 Å². The van der Waals surface area contributed by atoms with Gasteiger partial charge in [0.15, 0.2) is 0 Å². The number of carbonyl (C=O) groups excluding carboxylic acids is 1. The maximum atomic E-state index is 12.3. The summed E-state index contributed by atoms with van der Waals surface area (Å²) in [5, 5.41) is 1.18. The molecule has 6 nitrogen and oxygen atoms in total. The van der Waals surface area contributed by atoms with Crippen molar-refractivity contribution in [2.45, 2.75) is 64.2 Å². The van der Waals surface area contributed by atoms with Gasteiger partial charge in [-0.25, -0.2) is 9.78 Å². The van der Waals surface area contributed by atoms with Gasteiger partial charge in [0, 0.05) is 35.3 Å². The highest BCUT2D eigenvalue weighted by atomic mass is 79.9. The smallest absolute Gasteiger partial charge is 0.410 e. The topological polar surface area (TPSA) is 56.6 Å². The van der Waals surface area contributed by atoms with Crippen molar-refractivity contribution >= 4 is 33.1 Å². The molecule has 1 atom stereocenters. The fourth-order valence-electron chi connectivity index (χ4n) is 4.32. The maximum absolute atomic E-state index is 12.3. The van der Waals surface area contributed by atoms with Crippen LogP contribution in [-0.2, 0) is 9.47 Å². The van der Waals surface area contributed by atoms with Gasteiger partial charge in [0.2, 0.25) is 0 Å². The molecule has 2 aromatic heterocycles. The largest absolute Gasteiger partial charge is 0.444 e. The molecule has 1 unspecified atom stereocenters. The summed E-state index contributed by atoms with van der Waals surface area (Å²) in [6.45, 7) is 9.87. The second-order valence-electron chi connectivity index (χ2n) is 9.06. The zero-order valence-corrected chi connectivity index (χ0v) is 18.6. The molecule has 0 bridgehead atoms. The Morgan fingerprint density at radius 1 is 1.36 bits per heavy atom. The molecule has 2 saturated heterocycles. The Hall–Kier alpha value is -1.60. The van der Waals surface area contributed by atoms with Crippen LogP contribution in [0.3, 0.4) is 0 Å². The molecule has 0 aliphatic carbocycles. The molecule has 2 aromatic rings. The standard InChI is InChI=1S/C21H28BrN3O3/c1-14-12-25(18-17(14)9-15(22)11-23-18)16-10-21(27-13-16)5-7-24(8-6-21)19(26)28-20(2,3)4/h9,11-12,16H,5-8,10,13H2,1-4H3. The van der Waals surface area contributed by atoms with E-state index in [9.17, 15) is 4.79 Å². The van der Waals surface area contributed by atoms with Crippen LogP contribution in [0.5, 0.6) is 0 Å². The third-order valence-corrected chi connectivity index (χ3v) is 6.18. The van der Waals surface area contributed by atoms with Crippen LogP contribution in [0.25, 0.3) is 11.0 Å². The number of rotatable bonds is 1. The van der Waals surface area contributed by atoms with Gasteiger partial charge in [-0.1, -0.05) is 0 Å². The highest BCUT2D eigenvalue weighted by molar-refractivity contribution is 9.10. The second-order valence-corrected chi connectivity index (χ2v) is 9.98. The molecule has 1 amide bonds. The van der Waals surface area contributed by atoms with E-state index in [-0.39, 0.29) is 17.7 Å². The summed E-state index contributed by atoms with van der Waals surface area (Å²) in [5.41, 5.74) is 1.63. The Bertz CT molecular complexity index is 894. The average Bonchev–Trinajstić information content (AvgIpc) is 3.16. The van der Waals surface area contributed by atoms with Crippen LogP contribution in [-0.4, -0.2) is 51.4 Å². The van der Waals surface area contributed by atoms with Crippen LogP contribution in [0.15, 0.2) is 22.9 Å². The number of nitrogens with zero attached hydrogens (tertiary/aromatic N) is 3. The van der Waals surface area contributed by atoms with Gasteiger partial charge in [-0.3, -0.25) is 0 Å². The number of halogens is 1. The summed E-state index contributed by atoms with van der Waals surface area (Å²) in [6.07, 6.45) is 6.46. The molecule has 0 N–H and O–H groups in total. The number of pyridine rings is 1. The zero-order valence-electron chi connectivity index (χ0n) is 17.0. The Labute approximate surface area is 174 Å². The lowest BCUT2D eigenvalue weighted by atomic mass is 9.87. The summed E-state index contributed by atoms with van der Waals surface area (Å²) in [7, 11) is 0. The van der Waals surface area contributed by atoms with Crippen molar-refractivity contribution in [2.75, 3.05) is 19.7 Å². The summed E-state index contributed by atoms with van der Waals surface area (Å²) in [5.74, 6) is 0. The SMILES string of the molecule is Cc1cn(C2COC3(CCN(C(=O)OC(C)(C)C)CC3)C2)c2ncc(Br)cc12. The lowest BCUT2D eigenvalue weighted by molar-refractivity contribution is -0.0486. The molecule has 0 radical (unpaired) electrons. The van der Waals surface area contributed by atoms with E-state index in [0.29, 0.717) is 19.7 Å². The van der Waals surface area contributed by atoms with Crippen LogP contribution >= 0.6 is 15.9 Å². The molecule has 4 heterocycles. The predicted molar refractivity (Wildman–Crippen MR) is 112 cm³/mol. The highest BCUT2D eigenvalue weighted by Crippen LogP contribution is 2.42. The van der Waals surface area contributed by atoms with Crippen LogP contribution in [0.1, 0.15) is 51.6 Å². The van der Waals surface area contributed by atoms with E-state index in [2.05, 4.69) is 44.7 Å². The third-order valence-electron chi connectivity index (χ3n) is 5.74. The van der Waals surface area contributed by atoms with Gasteiger partial charge in [-0.15, -0.1) is 0 Å². The van der Waals surface area contributed by atoms with Crippen molar-refractivity contribution in [3.05, 3.63) is 28.5 Å². The molecule has 28 heavy (non-hydrogen) atoms. The number of likely N-dealkylation sites (tertiary alicyclic amines) is 1. The van der Waals surface area contributed by atoms with E-state index in [1.807, 2.05) is 31.9 Å². The number of aryl methyl sites for hydroxylation is 1. The molecule has 2 aliphatic rings. The summed E-state index contributed by atoms with van der Waals surface area (Å²) in [4.78, 5) is 18.8. The number of amides is 1. The minimum absolute atomic E-state index is 0.150. The minimum atomic E-state index is -0.462. The Morgan fingerprint density at radius 3 is 2.75 bits per heavy atom. The van der Waals surface area contributed by atoms with Crippen molar-refractivity contribution < 1.29 is 14.3 Å². The number of piperidine rings is 1. The van der Waals surface area contributed by atoms with Gasteiger partial charge in [0.1, 0.15) is 11.2 Å². The third kappa shape index (κ3) is 3.79. The van der Waals surface area contributed by atoms with Crippen LogP contribution in [0, 0.1) is 6.92 Å². The fourth-order valence-corrected chi connectivity index (χ4v) is 4.65. The molecule has 2 aliphatic heterocycles. The number of carbonyl (C=O) groups is 1. The fraction of sp³-hybridized carbons (Fsp3) is 0.619. The van der Waals surface area contributed by atoms with Crippen molar-refractivity contribution in [3.8, 4) is 0 Å². The minimum Gasteiger partial charge on any atom is -0.444 e. The molecule has 7 heteroatoms. The molecule has 0 aromatic carbocycles. The van der Waals surface area contributed by atoms with Crippen LogP contribution in [0.4, 0.5) is 4.79 Å². The summed E-state index contributed by atoms with van der Waals surface area (Å²) < 4.78 is 15.1. The molecule has 2 fully saturated rings. The Morgan fingerprint density at radius 2 is 2.07 bits per heavy atom. The van der Waals surface area contributed by atoms with Gasteiger partial charge in [-0.2, -0.15) is 0 Å². The Kier molecular flexibility index (Phi) is 4.94. The number of hydrogen-bond donors (Lipinski definition) is 0. The highest BCUT2D eigenvalue weighted by Gasteiger charge is 2.44. The van der Waals surface area contributed by atoms with E-state index in [1.54, 1.807) is 0 Å². The van der Waals surface area contributed by atoms with Gasteiger partial charge in [0.05, 0.1) is 18.2 Å². The van der Waals surface area contributed by atoms with Gasteiger partial charge in [-0.05, 0) is 74.5 Å². The van der Waals surface area contributed by atoms with E-state index in [4.69, 9.17) is 9.47 Å². The molecule has 152 valence electrons. The first-order valence-electron chi connectivity index (χ1n) is 9.90. The number of aromatic nitrogens is 2. The summed E-state index contributed by atoms with van der Waals surface area (Å²) in [6, 6.07) is 2.40. The van der Waals surface area contributed by atoms with Crippen molar-refractivity contribution in [2.24, 2.45) is 0 Å². The monoisotopic (exact) mass is 449 g/mol. The molecule has 1 spiro atoms. The van der Waals surface area contributed by atoms with Crippen molar-refractivity contribution in [1.29, 1.82) is 0 Å². The lowest BCUT2D eigenvalue weighted by Gasteiger charge is -2.39. The van der Waals surface area contributed by atoms with E-state index in [1.165, 1.54) is 10.9 Å². The lowest BCUT2D eigenvalue weighted by Crippen LogP contribution is -2.47. The zero-order chi connectivity index (χ0) is 20.1. The first-order valence-corrected chi connectivity index (χ1v) is 10.7. The average molecular weight is 450 g/mol. The summed E-state index contributed by atoms with van der Waals surface area (Å²) >= 11 is 3.51. The van der Waals surface area contributed by atoms with Crippen LogP contribution in [0.2, 0.25) is 0 Å². The second kappa shape index (κ2) is 7.02. The number of ether oxygens (including phenoxy) is 2. The van der Waals surface area contributed by atoms with Crippen LogP contribution < -0.4 is 0 Å². The number of fused-ring (bicyclic) bond motifs is 1. The number of hydrogen-bond acceptors (Lipinski definition) is 4. The maximum Gasteiger partial charge on any atom is 0.410 e. The van der Waals surface area contributed by atoms with Crippen molar-refractivity contribution in [3.63, 3.8) is 0 Å². The van der Waals surface area contributed by atoms with Crippen molar-refractivity contribution in [1.82, 2.24) is 14.5 Å². The van der Waals surface area contributed by atoms with E-state index in [0.717, 1.165) is 29.4 Å². The first-order chi connectivity index (χ1) is 13.2. The molecular formula is C21H28BrN3O3. The van der Waals surface area contributed by atoms with Gasteiger partial charge in [0.25, 0.3) is 0 Å². The van der Waals surface area contributed by atoms with Gasteiger partial charge < -0.3 is 18.9 Å². The Balaban J connectivity index is 1.45. The first kappa shape index (κ1) is 19.7. The molecule has 4 rings (SSSR count). The predicted octanol–water partition coefficient (Wildman–Crippen LogP) is 4.84. The molecular weight excluding hydrogens is 422 g/mol. The quantitative estimate of drug-likeness (QED) is 0.624. The normalized spacial score (nSPS) is 22.2. The molecule has 0 saturated carbocycles. The van der Waals surface area contributed by atoms with E-state index < -0.39 is 5.60 Å². The van der Waals surface area contributed by atoms with Gasteiger partial charge >= 0.3 is 6.09 Å².